The van der Waals surface area contributed by atoms with E-state index in [1.807, 2.05) is 24.8 Å². The maximum Gasteiger partial charge on any atom is 0.407 e. The van der Waals surface area contributed by atoms with Gasteiger partial charge in [-0.25, -0.2) is 19.6 Å². The highest BCUT2D eigenvalue weighted by atomic mass is 16.5. The summed E-state index contributed by atoms with van der Waals surface area (Å²) in [5.41, 5.74) is 6.63. The number of aromatic nitrogens is 4. The van der Waals surface area contributed by atoms with Crippen LogP contribution in [-0.4, -0.2) is 79.2 Å². The Hall–Kier alpha value is -5.59. The number of nitrogens with one attached hydrogen (secondary N) is 3. The number of imidazole rings is 2. The van der Waals surface area contributed by atoms with Gasteiger partial charge in [0, 0.05) is 24.0 Å². The van der Waals surface area contributed by atoms with Crippen LogP contribution in [0.3, 0.4) is 0 Å². The largest absolute Gasteiger partial charge is 0.488 e. The molecule has 13 nitrogen and oxygen atoms in total. The van der Waals surface area contributed by atoms with Crippen LogP contribution in [0.1, 0.15) is 68.8 Å². The van der Waals surface area contributed by atoms with Crippen LogP contribution >= 0.6 is 0 Å². The molecule has 3 aromatic carbocycles. The highest BCUT2D eigenvalue weighted by Crippen LogP contribution is 2.43. The van der Waals surface area contributed by atoms with Gasteiger partial charge in [-0.3, -0.25) is 9.69 Å². The van der Waals surface area contributed by atoms with E-state index in [1.165, 1.54) is 12.0 Å². The van der Waals surface area contributed by atoms with Crippen LogP contribution in [0.2, 0.25) is 0 Å². The maximum atomic E-state index is 13.7. The number of hydrogen-bond acceptors (Lipinski definition) is 7. The highest BCUT2D eigenvalue weighted by molar-refractivity contribution is 6.07. The molecule has 0 bridgehead atoms. The van der Waals surface area contributed by atoms with Crippen LogP contribution in [0.25, 0.3) is 44.2 Å². The van der Waals surface area contributed by atoms with E-state index in [0.29, 0.717) is 25.5 Å². The van der Waals surface area contributed by atoms with E-state index in [9.17, 15) is 19.5 Å². The third kappa shape index (κ3) is 5.37. The molecule has 2 fully saturated rings. The molecule has 5 aromatic rings. The number of amides is 3. The van der Waals surface area contributed by atoms with Crippen molar-refractivity contribution in [2.24, 2.45) is 5.92 Å². The second kappa shape index (κ2) is 12.4. The van der Waals surface area contributed by atoms with Crippen molar-refractivity contribution >= 4 is 39.9 Å². The van der Waals surface area contributed by atoms with Crippen molar-refractivity contribution in [3.05, 3.63) is 65.9 Å². The molecular formula is C37H39N7O6. The number of aromatic amines is 2. The highest BCUT2D eigenvalue weighted by Gasteiger charge is 2.38. The number of carbonyl (C=O) groups excluding carboxylic acids is 2. The molecule has 0 spiro atoms. The number of ether oxygens (including phenoxy) is 2. The summed E-state index contributed by atoms with van der Waals surface area (Å²) in [6.45, 7) is 5.31. The predicted octanol–water partition coefficient (Wildman–Crippen LogP) is 6.52. The van der Waals surface area contributed by atoms with E-state index >= 15 is 0 Å². The quantitative estimate of drug-likeness (QED) is 0.158. The maximum absolute atomic E-state index is 13.7. The third-order valence-corrected chi connectivity index (χ3v) is 10.3. The van der Waals surface area contributed by atoms with Crippen molar-refractivity contribution in [2.75, 3.05) is 20.2 Å². The van der Waals surface area contributed by atoms with Gasteiger partial charge in [0.05, 0.1) is 42.1 Å². The Bertz CT molecular complexity index is 2150. The molecule has 0 saturated carbocycles. The number of methoxy groups -OCH3 is 1. The fraction of sp³-hybridized carbons (Fsp3) is 0.378. The van der Waals surface area contributed by atoms with Gasteiger partial charge in [-0.05, 0) is 77.9 Å². The summed E-state index contributed by atoms with van der Waals surface area (Å²) in [6.07, 6.45) is 3.40. The zero-order valence-electron chi connectivity index (χ0n) is 28.2. The molecule has 3 aliphatic heterocycles. The average Bonchev–Trinajstić information content (AvgIpc) is 3.94. The minimum atomic E-state index is -0.922. The Kier molecular flexibility index (Phi) is 7.84. The van der Waals surface area contributed by atoms with Gasteiger partial charge in [-0.1, -0.05) is 32.0 Å². The van der Waals surface area contributed by atoms with Crippen molar-refractivity contribution < 1.29 is 29.0 Å². The van der Waals surface area contributed by atoms with E-state index in [2.05, 4.69) is 56.7 Å². The van der Waals surface area contributed by atoms with Crippen LogP contribution in [-0.2, 0) is 16.1 Å². The standard InChI is InChI=1S/C37H39N7O6/c1-19(2)31(42-36(46)49-3)35(45)43-12-4-7-29(43)34-39-26-11-9-20-15-25-23-10-8-21(14-22(23)18-50-30(25)16-24(20)32(26)41-34)27-17-38-33(40-27)28-6-5-13-44(28)37(47)48/h8-11,14-17,19,28-29,31H,4-7,12-13,18H2,1-3H3,(H,38,40)(H,39,41)(H,42,46)(H,47,48)/t28-,29+,31?/m1/s1. The van der Waals surface area contributed by atoms with Crippen molar-refractivity contribution in [3.63, 3.8) is 0 Å². The monoisotopic (exact) mass is 677 g/mol. The molecule has 8 rings (SSSR count). The Morgan fingerprint density at radius 3 is 2.52 bits per heavy atom. The fourth-order valence-corrected chi connectivity index (χ4v) is 7.76. The molecule has 13 heteroatoms. The van der Waals surface area contributed by atoms with Gasteiger partial charge in [0.25, 0.3) is 0 Å². The van der Waals surface area contributed by atoms with E-state index in [4.69, 9.17) is 14.5 Å². The SMILES string of the molecule is COC(=O)NC(C(=O)N1CCC[C@H]1c1nc2c(ccc3cc4c(cc32)OCc2cc(-c3cnc([C@H]5CCCN5C(=O)O)[nH]3)ccc2-4)[nH]1)C(C)C. The zero-order valence-corrected chi connectivity index (χ0v) is 28.2. The number of H-pyrrole nitrogens is 2. The van der Waals surface area contributed by atoms with Crippen molar-refractivity contribution in [3.8, 4) is 28.1 Å². The minimum Gasteiger partial charge on any atom is -0.488 e. The molecule has 50 heavy (non-hydrogen) atoms. The first-order chi connectivity index (χ1) is 24.2. The van der Waals surface area contributed by atoms with Gasteiger partial charge >= 0.3 is 12.2 Å². The van der Waals surface area contributed by atoms with Gasteiger partial charge < -0.3 is 34.8 Å². The fourth-order valence-electron chi connectivity index (χ4n) is 7.76. The first kappa shape index (κ1) is 31.7. The molecule has 0 aliphatic carbocycles. The number of benzene rings is 3. The number of fused-ring (bicyclic) bond motifs is 6. The number of alkyl carbamates (subject to hydrolysis) is 1. The van der Waals surface area contributed by atoms with Gasteiger partial charge in [-0.2, -0.15) is 0 Å². The summed E-state index contributed by atoms with van der Waals surface area (Å²) in [6, 6.07) is 13.4. The first-order valence-electron chi connectivity index (χ1n) is 17.1. The Balaban J connectivity index is 1.08. The molecule has 3 amide bonds. The molecule has 2 aromatic heterocycles. The smallest absolute Gasteiger partial charge is 0.407 e. The third-order valence-electron chi connectivity index (χ3n) is 10.3. The zero-order chi connectivity index (χ0) is 34.7. The van der Waals surface area contributed by atoms with Gasteiger partial charge in [0.1, 0.15) is 30.0 Å². The average molecular weight is 678 g/mol. The van der Waals surface area contributed by atoms with Crippen molar-refractivity contribution in [2.45, 2.75) is 64.3 Å². The number of hydrogen-bond donors (Lipinski definition) is 4. The van der Waals surface area contributed by atoms with E-state index in [-0.39, 0.29) is 23.9 Å². The number of carboxylic acid groups (broad SMARTS) is 1. The summed E-state index contributed by atoms with van der Waals surface area (Å²) in [5, 5.41) is 14.3. The van der Waals surface area contributed by atoms with Crippen LogP contribution in [0, 0.1) is 5.92 Å². The lowest BCUT2D eigenvalue weighted by atomic mass is 9.92. The number of nitrogens with zero attached hydrogens (tertiary/aromatic N) is 4. The molecule has 258 valence electrons. The normalized spacial score (nSPS) is 19.0. The van der Waals surface area contributed by atoms with E-state index in [0.717, 1.165) is 87.0 Å². The molecule has 5 heterocycles. The predicted molar refractivity (Wildman–Crippen MR) is 186 cm³/mol. The summed E-state index contributed by atoms with van der Waals surface area (Å²) in [7, 11) is 1.29. The molecular weight excluding hydrogens is 638 g/mol. The van der Waals surface area contributed by atoms with Gasteiger partial charge in [-0.15, -0.1) is 0 Å². The Labute approximate surface area is 288 Å². The topological polar surface area (TPSA) is 166 Å². The van der Waals surface area contributed by atoms with E-state index in [1.54, 1.807) is 6.20 Å². The number of rotatable bonds is 6. The molecule has 3 aliphatic rings. The number of likely N-dealkylation sites (tertiary alicyclic amines) is 2. The second-order valence-corrected chi connectivity index (χ2v) is 13.7. The van der Waals surface area contributed by atoms with E-state index < -0.39 is 18.2 Å². The van der Waals surface area contributed by atoms with Crippen LogP contribution in [0.5, 0.6) is 5.75 Å². The lowest BCUT2D eigenvalue weighted by molar-refractivity contribution is -0.135. The van der Waals surface area contributed by atoms with Crippen molar-refractivity contribution in [1.82, 2.24) is 35.1 Å². The molecule has 1 unspecified atom stereocenters. The molecule has 3 atom stereocenters. The summed E-state index contributed by atoms with van der Waals surface area (Å²) >= 11 is 0. The lowest BCUT2D eigenvalue weighted by Gasteiger charge is -2.29. The molecule has 2 saturated heterocycles. The van der Waals surface area contributed by atoms with Crippen LogP contribution in [0.15, 0.2) is 48.7 Å². The van der Waals surface area contributed by atoms with Crippen LogP contribution < -0.4 is 10.1 Å². The van der Waals surface area contributed by atoms with Crippen molar-refractivity contribution in [1.29, 1.82) is 0 Å². The summed E-state index contributed by atoms with van der Waals surface area (Å²) < 4.78 is 11.1. The van der Waals surface area contributed by atoms with Gasteiger partial charge in [0.15, 0.2) is 0 Å². The summed E-state index contributed by atoms with van der Waals surface area (Å²) in [4.78, 5) is 57.1. The summed E-state index contributed by atoms with van der Waals surface area (Å²) in [5.74, 6) is 1.91. The molecule has 4 N–H and O–H groups in total. The first-order valence-corrected chi connectivity index (χ1v) is 17.1. The number of carbonyl (C=O) groups is 3. The lowest BCUT2D eigenvalue weighted by Crippen LogP contribution is -2.51. The minimum absolute atomic E-state index is 0.114. The Morgan fingerprint density at radius 2 is 1.76 bits per heavy atom. The van der Waals surface area contributed by atoms with Crippen LogP contribution in [0.4, 0.5) is 9.59 Å². The Morgan fingerprint density at radius 1 is 0.980 bits per heavy atom. The second-order valence-electron chi connectivity index (χ2n) is 13.7. The van der Waals surface area contributed by atoms with Gasteiger partial charge in [0.2, 0.25) is 5.91 Å². The molecule has 0 radical (unpaired) electrons.